The van der Waals surface area contributed by atoms with E-state index in [1.165, 1.54) is 0 Å². The Balaban J connectivity index is 1.59. The van der Waals surface area contributed by atoms with E-state index in [0.717, 1.165) is 5.56 Å². The van der Waals surface area contributed by atoms with E-state index in [1.54, 1.807) is 24.4 Å². The first-order chi connectivity index (χ1) is 13.9. The van der Waals surface area contributed by atoms with Gasteiger partial charge in [0.05, 0.1) is 18.6 Å². The Hall–Kier alpha value is -3.13. The molecule has 3 aliphatic heterocycles. The fourth-order valence-electron chi connectivity index (χ4n) is 4.55. The van der Waals surface area contributed by atoms with Crippen molar-refractivity contribution in [3.8, 4) is 5.75 Å². The fraction of sp³-hybridized carbons (Fsp3) is 0.381. The molecular formula is C21H22N4O4. The van der Waals surface area contributed by atoms with Crippen LogP contribution >= 0.6 is 0 Å². The van der Waals surface area contributed by atoms with E-state index in [4.69, 9.17) is 24.9 Å². The number of nitrogens with two attached hydrogens (primary N) is 1. The van der Waals surface area contributed by atoms with Crippen LogP contribution in [0.5, 0.6) is 5.75 Å². The highest BCUT2D eigenvalue weighted by Gasteiger charge is 2.71. The van der Waals surface area contributed by atoms with Crippen LogP contribution in [-0.4, -0.2) is 42.3 Å². The second-order valence-electron chi connectivity index (χ2n) is 8.17. The van der Waals surface area contributed by atoms with Crippen LogP contribution in [-0.2, 0) is 15.0 Å². The first-order valence-corrected chi connectivity index (χ1v) is 9.49. The molecule has 4 heterocycles. The number of benzene rings is 1. The van der Waals surface area contributed by atoms with Crippen molar-refractivity contribution in [3.05, 3.63) is 53.9 Å². The number of hydrogen-bond donors (Lipinski definition) is 2. The molecule has 8 heteroatoms. The molecule has 1 unspecified atom stereocenters. The summed E-state index contributed by atoms with van der Waals surface area (Å²) in [5.41, 5.74) is 6.06. The Morgan fingerprint density at radius 2 is 2.00 bits per heavy atom. The number of fused-ring (bicyclic) bond motifs is 3. The van der Waals surface area contributed by atoms with Crippen molar-refractivity contribution in [1.82, 2.24) is 4.98 Å². The number of amides is 1. The zero-order valence-corrected chi connectivity index (χ0v) is 16.3. The minimum atomic E-state index is -0.738. The highest BCUT2D eigenvalue weighted by atomic mass is 16.5. The van der Waals surface area contributed by atoms with E-state index >= 15 is 0 Å². The molecule has 1 saturated heterocycles. The van der Waals surface area contributed by atoms with Crippen LogP contribution < -0.4 is 15.8 Å². The number of nitrogens with one attached hydrogen (secondary N) is 1. The SMILES string of the molecule is CC1(C)Oc2ccc(NC(=O)c3ccccn3)cc2C2(COC(N)=N2)C12COC2. The van der Waals surface area contributed by atoms with Gasteiger partial charge in [0.2, 0.25) is 0 Å². The second-order valence-corrected chi connectivity index (χ2v) is 8.17. The molecule has 29 heavy (non-hydrogen) atoms. The number of carbonyl (C=O) groups excluding carboxylic acids is 1. The zero-order valence-electron chi connectivity index (χ0n) is 16.3. The fourth-order valence-corrected chi connectivity index (χ4v) is 4.55. The normalized spacial score (nSPS) is 25.4. The summed E-state index contributed by atoms with van der Waals surface area (Å²) >= 11 is 0. The Kier molecular flexibility index (Phi) is 3.67. The van der Waals surface area contributed by atoms with Crippen molar-refractivity contribution < 1.29 is 19.0 Å². The van der Waals surface area contributed by atoms with Gasteiger partial charge in [-0.1, -0.05) is 6.07 Å². The quantitative estimate of drug-likeness (QED) is 0.807. The van der Waals surface area contributed by atoms with Crippen LogP contribution in [0.1, 0.15) is 29.9 Å². The third kappa shape index (κ3) is 2.38. The molecule has 1 fully saturated rings. The summed E-state index contributed by atoms with van der Waals surface area (Å²) in [6.07, 6.45) is 1.58. The Morgan fingerprint density at radius 3 is 2.62 bits per heavy atom. The molecule has 3 aliphatic rings. The van der Waals surface area contributed by atoms with E-state index < -0.39 is 16.6 Å². The summed E-state index contributed by atoms with van der Waals surface area (Å²) in [5, 5.41) is 2.90. The lowest BCUT2D eigenvalue weighted by molar-refractivity contribution is -0.247. The van der Waals surface area contributed by atoms with Gasteiger partial charge in [-0.25, -0.2) is 4.99 Å². The highest BCUT2D eigenvalue weighted by molar-refractivity contribution is 6.02. The molecule has 8 nitrogen and oxygen atoms in total. The highest BCUT2D eigenvalue weighted by Crippen LogP contribution is 2.62. The molecule has 2 spiro atoms. The summed E-state index contributed by atoms with van der Waals surface area (Å²) in [7, 11) is 0. The minimum Gasteiger partial charge on any atom is -0.487 e. The number of carbonyl (C=O) groups is 1. The molecule has 0 radical (unpaired) electrons. The number of aliphatic imine (C=N–C) groups is 1. The smallest absolute Gasteiger partial charge is 0.283 e. The predicted octanol–water partition coefficient (Wildman–Crippen LogP) is 2.06. The molecule has 2 aromatic rings. The zero-order chi connectivity index (χ0) is 20.3. The van der Waals surface area contributed by atoms with Gasteiger partial charge >= 0.3 is 0 Å². The van der Waals surface area contributed by atoms with E-state index in [0.29, 0.717) is 37.0 Å². The van der Waals surface area contributed by atoms with Gasteiger partial charge in [0.15, 0.2) is 0 Å². The monoisotopic (exact) mass is 394 g/mol. The summed E-state index contributed by atoms with van der Waals surface area (Å²) < 4.78 is 17.6. The van der Waals surface area contributed by atoms with Gasteiger partial charge in [0.1, 0.15) is 29.2 Å². The summed E-state index contributed by atoms with van der Waals surface area (Å²) in [5.74, 6) is 0.412. The van der Waals surface area contributed by atoms with E-state index in [2.05, 4.69) is 10.3 Å². The van der Waals surface area contributed by atoms with Crippen LogP contribution in [0.2, 0.25) is 0 Å². The standard InChI is InChI=1S/C21H22N4O4/c1-19(2)20(10-27-11-20)21(12-28-18(22)25-21)14-9-13(6-7-16(14)29-19)24-17(26)15-5-3-4-8-23-15/h3-9H,10-12H2,1-2H3,(H2,22,25)(H,24,26). The van der Waals surface area contributed by atoms with Crippen molar-refractivity contribution in [3.63, 3.8) is 0 Å². The van der Waals surface area contributed by atoms with Crippen molar-refractivity contribution >= 4 is 17.6 Å². The van der Waals surface area contributed by atoms with Gasteiger partial charge in [0.25, 0.3) is 11.9 Å². The van der Waals surface area contributed by atoms with Crippen LogP contribution in [0.25, 0.3) is 0 Å². The van der Waals surface area contributed by atoms with E-state index in [9.17, 15) is 4.79 Å². The molecule has 1 aromatic carbocycles. The molecule has 1 amide bonds. The predicted molar refractivity (Wildman–Crippen MR) is 106 cm³/mol. The van der Waals surface area contributed by atoms with Gasteiger partial charge < -0.3 is 25.3 Å². The van der Waals surface area contributed by atoms with Crippen molar-refractivity contribution in [2.24, 2.45) is 16.1 Å². The van der Waals surface area contributed by atoms with Crippen LogP contribution in [0, 0.1) is 5.41 Å². The van der Waals surface area contributed by atoms with E-state index in [1.807, 2.05) is 32.0 Å². The number of anilines is 1. The lowest BCUT2D eigenvalue weighted by atomic mass is 9.55. The third-order valence-corrected chi connectivity index (χ3v) is 6.32. The van der Waals surface area contributed by atoms with Gasteiger partial charge in [-0.2, -0.15) is 0 Å². The minimum absolute atomic E-state index is 0.155. The number of nitrogens with zero attached hydrogens (tertiary/aromatic N) is 2. The molecule has 0 bridgehead atoms. The lowest BCUT2D eigenvalue weighted by Crippen LogP contribution is -2.71. The number of hydrogen-bond acceptors (Lipinski definition) is 7. The first kappa shape index (κ1) is 17.9. The average Bonchev–Trinajstić information content (AvgIpc) is 3.03. The van der Waals surface area contributed by atoms with Crippen LogP contribution in [0.15, 0.2) is 47.6 Å². The van der Waals surface area contributed by atoms with Crippen LogP contribution in [0.3, 0.4) is 0 Å². The Bertz CT molecular complexity index is 1020. The Labute approximate surface area is 168 Å². The van der Waals surface area contributed by atoms with Gasteiger partial charge in [-0.05, 0) is 44.2 Å². The molecule has 3 N–H and O–H groups in total. The lowest BCUT2D eigenvalue weighted by Gasteiger charge is -2.61. The third-order valence-electron chi connectivity index (χ3n) is 6.32. The first-order valence-electron chi connectivity index (χ1n) is 9.49. The number of aromatic nitrogens is 1. The van der Waals surface area contributed by atoms with Crippen molar-refractivity contribution in [2.45, 2.75) is 25.0 Å². The van der Waals surface area contributed by atoms with Gasteiger partial charge in [0, 0.05) is 17.4 Å². The summed E-state index contributed by atoms with van der Waals surface area (Å²) in [4.78, 5) is 21.4. The molecule has 0 aliphatic carbocycles. The number of rotatable bonds is 2. The molecule has 1 atom stereocenters. The number of amidine groups is 1. The number of pyridine rings is 1. The second kappa shape index (κ2) is 5.93. The summed E-state index contributed by atoms with van der Waals surface area (Å²) in [6.45, 7) is 5.37. The molecule has 0 saturated carbocycles. The van der Waals surface area contributed by atoms with Crippen LogP contribution in [0.4, 0.5) is 5.69 Å². The Morgan fingerprint density at radius 1 is 1.17 bits per heavy atom. The van der Waals surface area contributed by atoms with Crippen molar-refractivity contribution in [1.29, 1.82) is 0 Å². The maximum absolute atomic E-state index is 12.5. The van der Waals surface area contributed by atoms with Gasteiger partial charge in [-0.15, -0.1) is 0 Å². The maximum Gasteiger partial charge on any atom is 0.283 e. The summed E-state index contributed by atoms with van der Waals surface area (Å²) in [6, 6.07) is 10.9. The largest absolute Gasteiger partial charge is 0.487 e. The molecule has 1 aromatic heterocycles. The van der Waals surface area contributed by atoms with Crippen molar-refractivity contribution in [2.75, 3.05) is 25.1 Å². The molecular weight excluding hydrogens is 372 g/mol. The molecule has 150 valence electrons. The average molecular weight is 394 g/mol. The number of ether oxygens (including phenoxy) is 3. The van der Waals surface area contributed by atoms with E-state index in [-0.39, 0.29) is 11.9 Å². The maximum atomic E-state index is 12.5. The topological polar surface area (TPSA) is 108 Å². The van der Waals surface area contributed by atoms with Gasteiger partial charge in [-0.3, -0.25) is 9.78 Å². The molecule has 5 rings (SSSR count).